The van der Waals surface area contributed by atoms with Crippen LogP contribution in [0.15, 0.2) is 18.2 Å². The van der Waals surface area contributed by atoms with E-state index in [0.717, 1.165) is 11.8 Å². The highest BCUT2D eigenvalue weighted by atomic mass is 35.5. The number of sulfonamides is 1. The van der Waals surface area contributed by atoms with Crippen molar-refractivity contribution in [1.29, 1.82) is 0 Å². The van der Waals surface area contributed by atoms with Crippen molar-refractivity contribution in [3.63, 3.8) is 0 Å². The number of carbonyl (C=O) groups is 1. The van der Waals surface area contributed by atoms with E-state index in [4.69, 9.17) is 0 Å². The molecule has 0 aliphatic carbocycles. The van der Waals surface area contributed by atoms with Crippen molar-refractivity contribution in [3.05, 3.63) is 29.3 Å². The molecular weight excluding hydrogens is 302 g/mol. The summed E-state index contributed by atoms with van der Waals surface area (Å²) in [5.41, 5.74) is 1.49. The number of nitrogens with one attached hydrogen (secondary N) is 3. The molecule has 0 saturated heterocycles. The highest BCUT2D eigenvalue weighted by molar-refractivity contribution is 7.92. The van der Waals surface area contributed by atoms with E-state index >= 15 is 0 Å². The van der Waals surface area contributed by atoms with Gasteiger partial charge in [0.05, 0.1) is 17.5 Å². The zero-order chi connectivity index (χ0) is 14.5. The molecule has 1 aromatic carbocycles. The van der Waals surface area contributed by atoms with E-state index in [1.54, 1.807) is 25.2 Å². The van der Waals surface area contributed by atoms with Crippen LogP contribution in [0.4, 0.5) is 5.69 Å². The Hall–Kier alpha value is -1.31. The quantitative estimate of drug-likeness (QED) is 0.674. The first-order valence-corrected chi connectivity index (χ1v) is 7.74. The van der Waals surface area contributed by atoms with Gasteiger partial charge in [-0.2, -0.15) is 0 Å². The minimum atomic E-state index is -3.41. The molecule has 0 atom stereocenters. The summed E-state index contributed by atoms with van der Waals surface area (Å²) in [7, 11) is -1.63. The van der Waals surface area contributed by atoms with E-state index in [0.29, 0.717) is 18.7 Å². The van der Waals surface area contributed by atoms with Gasteiger partial charge < -0.3 is 10.6 Å². The Morgan fingerprint density at radius 3 is 2.45 bits per heavy atom. The average Bonchev–Trinajstić information content (AvgIpc) is 2.30. The highest BCUT2D eigenvalue weighted by Gasteiger charge is 2.13. The predicted molar refractivity (Wildman–Crippen MR) is 83.2 cm³/mol. The number of aryl methyl sites for hydroxylation is 1. The first-order chi connectivity index (χ1) is 8.83. The average molecular weight is 322 g/mol. The van der Waals surface area contributed by atoms with Gasteiger partial charge in [-0.3, -0.25) is 9.52 Å². The molecule has 0 saturated carbocycles. The number of amides is 1. The van der Waals surface area contributed by atoms with Gasteiger partial charge in [-0.15, -0.1) is 12.4 Å². The summed E-state index contributed by atoms with van der Waals surface area (Å²) in [4.78, 5) is 12.0. The number of benzene rings is 1. The molecule has 114 valence electrons. The van der Waals surface area contributed by atoms with Crippen LogP contribution in [-0.4, -0.2) is 40.7 Å². The third-order valence-electron chi connectivity index (χ3n) is 2.38. The van der Waals surface area contributed by atoms with Crippen LogP contribution < -0.4 is 15.4 Å². The molecule has 0 unspecified atom stereocenters. The first-order valence-electron chi connectivity index (χ1n) is 5.84. The normalized spacial score (nSPS) is 10.6. The van der Waals surface area contributed by atoms with E-state index in [1.807, 2.05) is 6.92 Å². The topological polar surface area (TPSA) is 87.3 Å². The summed E-state index contributed by atoms with van der Waals surface area (Å²) in [6.45, 7) is 2.96. The maximum absolute atomic E-state index is 12.0. The van der Waals surface area contributed by atoms with Crippen LogP contribution in [0.2, 0.25) is 0 Å². The smallest absolute Gasteiger partial charge is 0.253 e. The van der Waals surface area contributed by atoms with Gasteiger partial charge in [-0.25, -0.2) is 8.42 Å². The Morgan fingerprint density at radius 1 is 1.25 bits per heavy atom. The van der Waals surface area contributed by atoms with Crippen LogP contribution in [0.3, 0.4) is 0 Å². The van der Waals surface area contributed by atoms with E-state index in [2.05, 4.69) is 15.4 Å². The molecule has 0 fully saturated rings. The van der Waals surface area contributed by atoms with Gasteiger partial charge in [-0.05, 0) is 26.1 Å². The fourth-order valence-corrected chi connectivity index (χ4v) is 2.11. The molecule has 0 aromatic heterocycles. The van der Waals surface area contributed by atoms with Crippen molar-refractivity contribution in [1.82, 2.24) is 10.6 Å². The van der Waals surface area contributed by atoms with Crippen LogP contribution in [0.1, 0.15) is 15.9 Å². The van der Waals surface area contributed by atoms with Crippen LogP contribution in [-0.2, 0) is 10.0 Å². The van der Waals surface area contributed by atoms with Gasteiger partial charge >= 0.3 is 0 Å². The monoisotopic (exact) mass is 321 g/mol. The number of anilines is 1. The summed E-state index contributed by atoms with van der Waals surface area (Å²) < 4.78 is 24.9. The zero-order valence-corrected chi connectivity index (χ0v) is 13.3. The molecule has 0 heterocycles. The number of rotatable bonds is 6. The minimum absolute atomic E-state index is 0. The molecule has 0 aliphatic rings. The zero-order valence-electron chi connectivity index (χ0n) is 11.7. The molecule has 0 aliphatic heterocycles. The van der Waals surface area contributed by atoms with Crippen molar-refractivity contribution in [2.75, 3.05) is 31.1 Å². The fraction of sp³-hybridized carbons (Fsp3) is 0.417. The molecule has 1 amide bonds. The van der Waals surface area contributed by atoms with Crippen LogP contribution >= 0.6 is 12.4 Å². The predicted octanol–water partition coefficient (Wildman–Crippen LogP) is 0.738. The van der Waals surface area contributed by atoms with Gasteiger partial charge in [0.25, 0.3) is 5.91 Å². The van der Waals surface area contributed by atoms with Crippen molar-refractivity contribution in [2.24, 2.45) is 0 Å². The lowest BCUT2D eigenvalue weighted by Gasteiger charge is -2.12. The molecule has 0 bridgehead atoms. The Labute approximate surface area is 125 Å². The number of hydrogen-bond donors (Lipinski definition) is 3. The fourth-order valence-electron chi connectivity index (χ4n) is 1.53. The highest BCUT2D eigenvalue weighted by Crippen LogP contribution is 2.18. The van der Waals surface area contributed by atoms with E-state index in [9.17, 15) is 13.2 Å². The van der Waals surface area contributed by atoms with Gasteiger partial charge in [-0.1, -0.05) is 11.6 Å². The van der Waals surface area contributed by atoms with E-state index in [1.165, 1.54) is 0 Å². The van der Waals surface area contributed by atoms with E-state index in [-0.39, 0.29) is 24.0 Å². The standard InChI is InChI=1S/C12H19N3O3S.ClH/c1-9-4-5-11(15-19(3,17)18)10(8-9)12(16)14-7-6-13-2;/h4-5,8,13,15H,6-7H2,1-3H3,(H,14,16);1H. The summed E-state index contributed by atoms with van der Waals surface area (Å²) in [6, 6.07) is 4.99. The Kier molecular flexibility index (Phi) is 7.55. The summed E-state index contributed by atoms with van der Waals surface area (Å²) in [6.07, 6.45) is 1.05. The molecule has 1 aromatic rings. The first kappa shape index (κ1) is 18.7. The lowest BCUT2D eigenvalue weighted by molar-refractivity contribution is 0.0955. The van der Waals surface area contributed by atoms with Crippen LogP contribution in [0, 0.1) is 6.92 Å². The lowest BCUT2D eigenvalue weighted by Crippen LogP contribution is -2.31. The van der Waals surface area contributed by atoms with Gasteiger partial charge in [0.2, 0.25) is 10.0 Å². The summed E-state index contributed by atoms with van der Waals surface area (Å²) >= 11 is 0. The Morgan fingerprint density at radius 2 is 1.90 bits per heavy atom. The maximum Gasteiger partial charge on any atom is 0.253 e. The maximum atomic E-state index is 12.0. The molecule has 8 heteroatoms. The number of hydrogen-bond acceptors (Lipinski definition) is 4. The Bertz CT molecular complexity index is 561. The summed E-state index contributed by atoms with van der Waals surface area (Å²) in [5.74, 6) is -0.301. The Balaban J connectivity index is 0.00000361. The number of halogens is 1. The molecule has 3 N–H and O–H groups in total. The van der Waals surface area contributed by atoms with Crippen LogP contribution in [0.5, 0.6) is 0 Å². The van der Waals surface area contributed by atoms with Crippen molar-refractivity contribution >= 4 is 34.0 Å². The van der Waals surface area contributed by atoms with Gasteiger partial charge in [0.1, 0.15) is 0 Å². The number of carbonyl (C=O) groups excluding carboxylic acids is 1. The van der Waals surface area contributed by atoms with Crippen molar-refractivity contribution in [2.45, 2.75) is 6.92 Å². The minimum Gasteiger partial charge on any atom is -0.351 e. The lowest BCUT2D eigenvalue weighted by atomic mass is 10.1. The third kappa shape index (κ3) is 6.23. The van der Waals surface area contributed by atoms with Gasteiger partial charge in [0.15, 0.2) is 0 Å². The molecule has 1 rings (SSSR count). The molecule has 6 nitrogen and oxygen atoms in total. The largest absolute Gasteiger partial charge is 0.351 e. The van der Waals surface area contributed by atoms with Gasteiger partial charge in [0, 0.05) is 13.1 Å². The third-order valence-corrected chi connectivity index (χ3v) is 2.97. The molecular formula is C12H20ClN3O3S. The SMILES string of the molecule is CNCCNC(=O)c1cc(C)ccc1NS(C)(=O)=O.Cl. The summed E-state index contributed by atoms with van der Waals surface area (Å²) in [5, 5.41) is 5.63. The molecule has 0 radical (unpaired) electrons. The molecule has 20 heavy (non-hydrogen) atoms. The molecule has 0 spiro atoms. The second kappa shape index (κ2) is 8.08. The second-order valence-corrected chi connectivity index (χ2v) is 6.03. The van der Waals surface area contributed by atoms with E-state index < -0.39 is 10.0 Å². The number of likely N-dealkylation sites (N-methyl/N-ethyl adjacent to an activating group) is 1. The van der Waals surface area contributed by atoms with Crippen molar-refractivity contribution in [3.8, 4) is 0 Å². The van der Waals surface area contributed by atoms with Crippen molar-refractivity contribution < 1.29 is 13.2 Å². The van der Waals surface area contributed by atoms with Crippen LogP contribution in [0.25, 0.3) is 0 Å². The second-order valence-electron chi connectivity index (χ2n) is 4.28.